The van der Waals surface area contributed by atoms with E-state index in [9.17, 15) is 9.59 Å². The molecule has 1 amide bonds. The van der Waals surface area contributed by atoms with Gasteiger partial charge in [-0.05, 0) is 35.3 Å². The van der Waals surface area contributed by atoms with Crippen LogP contribution in [0.5, 0.6) is 0 Å². The quantitative estimate of drug-likeness (QED) is 0.816. The lowest BCUT2D eigenvalue weighted by atomic mass is 10.3. The molecule has 1 rings (SSSR count). The Kier molecular flexibility index (Phi) is 5.21. The molecule has 6 heteroatoms. The molecule has 0 radical (unpaired) electrons. The zero-order chi connectivity index (χ0) is 12.8. The highest BCUT2D eigenvalue weighted by Crippen LogP contribution is 2.12. The van der Waals surface area contributed by atoms with Gasteiger partial charge in [-0.2, -0.15) is 0 Å². The molecule has 0 saturated heterocycles. The highest BCUT2D eigenvalue weighted by atomic mass is 79.9. The molecule has 0 fully saturated rings. The van der Waals surface area contributed by atoms with Gasteiger partial charge in [0.25, 0.3) is 5.91 Å². The Bertz CT molecular complexity index is 403. The summed E-state index contributed by atoms with van der Waals surface area (Å²) in [6, 6.07) is 1.60. The van der Waals surface area contributed by atoms with E-state index in [0.717, 1.165) is 10.9 Å². The molecule has 1 unspecified atom stereocenters. The van der Waals surface area contributed by atoms with Crippen molar-refractivity contribution in [2.45, 2.75) is 26.4 Å². The van der Waals surface area contributed by atoms with Crippen LogP contribution in [0.25, 0.3) is 0 Å². The number of nitrogens with one attached hydrogen (secondary N) is 2. The average Bonchev–Trinajstić information content (AvgIpc) is 2.72. The second-order valence-corrected chi connectivity index (χ2v) is 4.49. The molecular formula is C11H15BrN2O3. The maximum atomic E-state index is 11.6. The van der Waals surface area contributed by atoms with E-state index in [1.807, 2.05) is 6.92 Å². The number of halogens is 1. The van der Waals surface area contributed by atoms with Crippen LogP contribution in [-0.2, 0) is 9.53 Å². The summed E-state index contributed by atoms with van der Waals surface area (Å²) in [4.78, 5) is 25.8. The fourth-order valence-corrected chi connectivity index (χ4v) is 1.50. The lowest BCUT2D eigenvalue weighted by Gasteiger charge is -2.12. The third kappa shape index (κ3) is 4.22. The van der Waals surface area contributed by atoms with Crippen LogP contribution in [0.15, 0.2) is 16.7 Å². The summed E-state index contributed by atoms with van der Waals surface area (Å²) in [5, 5.41) is 2.66. The summed E-state index contributed by atoms with van der Waals surface area (Å²) in [7, 11) is 0. The standard InChI is InChI=1S/C11H15BrN2O3/c1-3-4-13-10(15)7(2)17-11(16)9-5-8(12)6-14-9/h5-7,14H,3-4H2,1-2H3,(H,13,15). The third-order valence-electron chi connectivity index (χ3n) is 2.07. The summed E-state index contributed by atoms with van der Waals surface area (Å²) < 4.78 is 5.76. The molecule has 5 nitrogen and oxygen atoms in total. The van der Waals surface area contributed by atoms with Gasteiger partial charge in [-0.25, -0.2) is 4.79 Å². The maximum absolute atomic E-state index is 11.6. The fourth-order valence-electron chi connectivity index (χ4n) is 1.16. The first-order valence-corrected chi connectivity index (χ1v) is 6.16. The average molecular weight is 303 g/mol. The molecule has 1 heterocycles. The van der Waals surface area contributed by atoms with Gasteiger partial charge in [0.2, 0.25) is 0 Å². The first kappa shape index (κ1) is 13.8. The number of ether oxygens (including phenoxy) is 1. The Morgan fingerprint density at radius 1 is 1.59 bits per heavy atom. The van der Waals surface area contributed by atoms with Crippen molar-refractivity contribution in [1.29, 1.82) is 0 Å². The lowest BCUT2D eigenvalue weighted by Crippen LogP contribution is -2.36. The zero-order valence-corrected chi connectivity index (χ0v) is 11.3. The molecule has 1 atom stereocenters. The van der Waals surface area contributed by atoms with Crippen LogP contribution in [0.1, 0.15) is 30.8 Å². The van der Waals surface area contributed by atoms with E-state index in [4.69, 9.17) is 4.74 Å². The van der Waals surface area contributed by atoms with E-state index >= 15 is 0 Å². The van der Waals surface area contributed by atoms with Crippen LogP contribution in [0, 0.1) is 0 Å². The molecule has 2 N–H and O–H groups in total. The van der Waals surface area contributed by atoms with Gasteiger partial charge < -0.3 is 15.0 Å². The minimum absolute atomic E-state index is 0.286. The number of esters is 1. The SMILES string of the molecule is CCCNC(=O)C(C)OC(=O)c1cc(Br)c[nH]1. The molecule has 0 saturated carbocycles. The molecular weight excluding hydrogens is 288 g/mol. The summed E-state index contributed by atoms with van der Waals surface area (Å²) in [5.41, 5.74) is 0.312. The fraction of sp³-hybridized carbons (Fsp3) is 0.455. The highest BCUT2D eigenvalue weighted by molar-refractivity contribution is 9.10. The number of hydrogen-bond donors (Lipinski definition) is 2. The maximum Gasteiger partial charge on any atom is 0.355 e. The normalized spacial score (nSPS) is 11.9. The van der Waals surface area contributed by atoms with Gasteiger partial charge in [0, 0.05) is 17.2 Å². The predicted octanol–water partition coefficient (Wildman–Crippen LogP) is 1.85. The van der Waals surface area contributed by atoms with Crippen molar-refractivity contribution in [3.63, 3.8) is 0 Å². The Morgan fingerprint density at radius 3 is 2.82 bits per heavy atom. The summed E-state index contributed by atoms with van der Waals surface area (Å²) in [6.45, 7) is 4.07. The zero-order valence-electron chi connectivity index (χ0n) is 9.75. The van der Waals surface area contributed by atoms with E-state index in [1.54, 1.807) is 19.2 Å². The number of amides is 1. The molecule has 0 aromatic carbocycles. The van der Waals surface area contributed by atoms with Gasteiger partial charge in [0.1, 0.15) is 5.69 Å². The smallest absolute Gasteiger partial charge is 0.355 e. The van der Waals surface area contributed by atoms with Crippen LogP contribution >= 0.6 is 15.9 Å². The largest absolute Gasteiger partial charge is 0.448 e. The number of aromatic nitrogens is 1. The Labute approximate surface area is 108 Å². The topological polar surface area (TPSA) is 71.2 Å². The van der Waals surface area contributed by atoms with Crippen molar-refractivity contribution in [2.75, 3.05) is 6.54 Å². The van der Waals surface area contributed by atoms with Crippen molar-refractivity contribution in [3.05, 3.63) is 22.4 Å². The van der Waals surface area contributed by atoms with Crippen LogP contribution in [0.4, 0.5) is 0 Å². The van der Waals surface area contributed by atoms with Crippen molar-refractivity contribution < 1.29 is 14.3 Å². The molecule has 94 valence electrons. The Balaban J connectivity index is 2.48. The minimum atomic E-state index is -0.795. The minimum Gasteiger partial charge on any atom is -0.448 e. The number of rotatable bonds is 5. The van der Waals surface area contributed by atoms with E-state index in [-0.39, 0.29) is 5.91 Å². The van der Waals surface area contributed by atoms with Gasteiger partial charge in [-0.15, -0.1) is 0 Å². The molecule has 0 spiro atoms. The van der Waals surface area contributed by atoms with Crippen molar-refractivity contribution in [1.82, 2.24) is 10.3 Å². The predicted molar refractivity (Wildman–Crippen MR) is 66.7 cm³/mol. The van der Waals surface area contributed by atoms with Crippen LogP contribution in [0.3, 0.4) is 0 Å². The van der Waals surface area contributed by atoms with Crippen molar-refractivity contribution in [3.8, 4) is 0 Å². The molecule has 0 bridgehead atoms. The molecule has 1 aromatic rings. The highest BCUT2D eigenvalue weighted by Gasteiger charge is 2.19. The second-order valence-electron chi connectivity index (χ2n) is 3.57. The Morgan fingerprint density at radius 2 is 2.29 bits per heavy atom. The number of hydrogen-bond acceptors (Lipinski definition) is 3. The van der Waals surface area contributed by atoms with Crippen LogP contribution in [0.2, 0.25) is 0 Å². The van der Waals surface area contributed by atoms with E-state index in [2.05, 4.69) is 26.2 Å². The number of carbonyl (C=O) groups excluding carboxylic acids is 2. The van der Waals surface area contributed by atoms with Crippen molar-refractivity contribution >= 4 is 27.8 Å². The van der Waals surface area contributed by atoms with E-state index < -0.39 is 12.1 Å². The lowest BCUT2D eigenvalue weighted by molar-refractivity contribution is -0.129. The molecule has 0 aliphatic carbocycles. The van der Waals surface area contributed by atoms with Crippen LogP contribution < -0.4 is 5.32 Å². The number of carbonyl (C=O) groups is 2. The van der Waals surface area contributed by atoms with Gasteiger partial charge in [-0.3, -0.25) is 4.79 Å². The van der Waals surface area contributed by atoms with Crippen molar-refractivity contribution in [2.24, 2.45) is 0 Å². The number of aromatic amines is 1. The first-order valence-electron chi connectivity index (χ1n) is 5.37. The first-order chi connectivity index (χ1) is 8.04. The van der Waals surface area contributed by atoms with Crippen LogP contribution in [-0.4, -0.2) is 29.5 Å². The molecule has 0 aliphatic rings. The summed E-state index contributed by atoms with van der Waals surface area (Å²) >= 11 is 3.21. The third-order valence-corrected chi connectivity index (χ3v) is 2.53. The van der Waals surface area contributed by atoms with Gasteiger partial charge in [0.05, 0.1) is 0 Å². The van der Waals surface area contributed by atoms with E-state index in [0.29, 0.717) is 12.2 Å². The van der Waals surface area contributed by atoms with Gasteiger partial charge in [0.15, 0.2) is 6.10 Å². The molecule has 17 heavy (non-hydrogen) atoms. The second kappa shape index (κ2) is 6.44. The number of H-pyrrole nitrogens is 1. The molecule has 0 aliphatic heterocycles. The van der Waals surface area contributed by atoms with E-state index in [1.165, 1.54) is 0 Å². The Hall–Kier alpha value is -1.30. The molecule has 1 aromatic heterocycles. The van der Waals surface area contributed by atoms with Gasteiger partial charge in [-0.1, -0.05) is 6.92 Å². The summed E-state index contributed by atoms with van der Waals surface area (Å²) in [6.07, 6.45) is 1.67. The monoisotopic (exact) mass is 302 g/mol. The summed E-state index contributed by atoms with van der Waals surface area (Å²) in [5.74, 6) is -0.833. The van der Waals surface area contributed by atoms with Gasteiger partial charge >= 0.3 is 5.97 Å².